The van der Waals surface area contributed by atoms with Gasteiger partial charge < -0.3 is 9.84 Å². The highest BCUT2D eigenvalue weighted by atomic mass is 19.1. The molecule has 1 saturated carbocycles. The number of fused-ring (bicyclic) bond motifs is 1. The molecule has 3 atom stereocenters. The van der Waals surface area contributed by atoms with Crippen LogP contribution < -0.4 is 4.74 Å². The smallest absolute Gasteiger partial charge is 0.290 e. The normalized spacial score (nSPS) is 19.3. The summed E-state index contributed by atoms with van der Waals surface area (Å²) in [5.74, 6) is 2.79. The molecule has 196 valence electrons. The van der Waals surface area contributed by atoms with E-state index in [1.807, 2.05) is 25.2 Å². The fourth-order valence-corrected chi connectivity index (χ4v) is 5.76. The summed E-state index contributed by atoms with van der Waals surface area (Å²) >= 11 is 0. The molecule has 1 fully saturated rings. The number of hydrogen-bond acceptors (Lipinski definition) is 5. The maximum absolute atomic E-state index is 15.2. The number of aryl methyl sites for hydroxylation is 3. The van der Waals surface area contributed by atoms with Crippen molar-refractivity contribution in [1.29, 1.82) is 0 Å². The highest BCUT2D eigenvalue weighted by molar-refractivity contribution is 5.78. The van der Waals surface area contributed by atoms with Crippen LogP contribution in [0.15, 0.2) is 48.5 Å². The topological polar surface area (TPSA) is 90.1 Å². The number of tetrazole rings is 1. The Kier molecular flexibility index (Phi) is 6.97. The molecule has 8 heteroatoms. The predicted octanol–water partition coefficient (Wildman–Crippen LogP) is 6.19. The van der Waals surface area contributed by atoms with E-state index in [0.717, 1.165) is 63.7 Å². The van der Waals surface area contributed by atoms with Crippen LogP contribution >= 0.6 is 0 Å². The molecular weight excluding hydrogens is 483 g/mol. The Morgan fingerprint density at radius 3 is 2.34 bits per heavy atom. The zero-order valence-electron chi connectivity index (χ0n) is 22.0. The number of carbonyl (C=O) groups is 1. The Bertz CT molecular complexity index is 1460. The summed E-state index contributed by atoms with van der Waals surface area (Å²) in [5.41, 5.74) is 8.56. The van der Waals surface area contributed by atoms with Gasteiger partial charge in [-0.3, -0.25) is 4.79 Å². The maximum Gasteiger partial charge on any atom is 0.290 e. The molecule has 2 aliphatic rings. The van der Waals surface area contributed by atoms with Crippen LogP contribution in [-0.4, -0.2) is 31.8 Å². The van der Waals surface area contributed by atoms with Gasteiger partial charge in [0.25, 0.3) is 6.47 Å². The second-order valence-electron chi connectivity index (χ2n) is 10.2. The molecule has 0 amide bonds. The third-order valence-corrected chi connectivity index (χ3v) is 7.66. The molecule has 0 bridgehead atoms. The Hall–Kier alpha value is -4.07. The van der Waals surface area contributed by atoms with Crippen molar-refractivity contribution in [3.05, 3.63) is 82.2 Å². The van der Waals surface area contributed by atoms with Gasteiger partial charge in [-0.05, 0) is 119 Å². The van der Waals surface area contributed by atoms with Gasteiger partial charge in [-0.2, -0.15) is 0 Å². The van der Waals surface area contributed by atoms with E-state index < -0.39 is 0 Å². The molecule has 6 rings (SSSR count). The van der Waals surface area contributed by atoms with Crippen molar-refractivity contribution in [1.82, 2.24) is 20.2 Å². The maximum atomic E-state index is 15.2. The highest BCUT2D eigenvalue weighted by Crippen LogP contribution is 2.48. The lowest BCUT2D eigenvalue weighted by atomic mass is 9.89. The van der Waals surface area contributed by atoms with Gasteiger partial charge in [0, 0.05) is 18.2 Å². The van der Waals surface area contributed by atoms with Crippen LogP contribution in [0.3, 0.4) is 0 Å². The van der Waals surface area contributed by atoms with Crippen LogP contribution in [0.1, 0.15) is 59.6 Å². The van der Waals surface area contributed by atoms with Crippen LogP contribution in [0, 0.1) is 25.6 Å². The minimum Gasteiger partial charge on any atom is -0.486 e. The van der Waals surface area contributed by atoms with Crippen molar-refractivity contribution < 1.29 is 19.0 Å². The average Bonchev–Trinajstić information content (AvgIpc) is 3.24. The molecule has 3 unspecified atom stereocenters. The van der Waals surface area contributed by atoms with Gasteiger partial charge in [0.15, 0.2) is 5.82 Å². The first kappa shape index (κ1) is 25.6. The van der Waals surface area contributed by atoms with Gasteiger partial charge in [-0.15, -0.1) is 5.10 Å². The average molecular weight is 515 g/mol. The number of rotatable bonds is 5. The van der Waals surface area contributed by atoms with Crippen LogP contribution in [-0.2, 0) is 18.3 Å². The molecule has 7 nitrogen and oxygen atoms in total. The van der Waals surface area contributed by atoms with Crippen molar-refractivity contribution in [2.75, 3.05) is 0 Å². The first-order valence-electron chi connectivity index (χ1n) is 12.8. The number of carboxylic acid groups (broad SMARTS) is 1. The van der Waals surface area contributed by atoms with Crippen LogP contribution in [0.5, 0.6) is 5.75 Å². The molecule has 2 aliphatic carbocycles. The lowest BCUT2D eigenvalue weighted by Gasteiger charge is -2.19. The summed E-state index contributed by atoms with van der Waals surface area (Å²) < 4.78 is 23.2. The van der Waals surface area contributed by atoms with Crippen molar-refractivity contribution in [3.8, 4) is 28.3 Å². The number of nitrogens with zero attached hydrogens (tertiary/aromatic N) is 4. The van der Waals surface area contributed by atoms with Gasteiger partial charge in [-0.1, -0.05) is 25.1 Å². The van der Waals surface area contributed by atoms with Crippen LogP contribution in [0.2, 0.25) is 0 Å². The fourth-order valence-electron chi connectivity index (χ4n) is 5.76. The molecule has 4 aromatic rings. The molecule has 1 aromatic heterocycles. The number of ether oxygens (including phenoxy) is 1. The lowest BCUT2D eigenvalue weighted by Crippen LogP contribution is -2.06. The number of aromatic nitrogens is 4. The Labute approximate surface area is 221 Å². The molecule has 3 aromatic carbocycles. The minimum atomic E-state index is -0.278. The molecule has 1 heterocycles. The second kappa shape index (κ2) is 10.4. The quantitative estimate of drug-likeness (QED) is 0.319. The molecular formula is C30H31FN4O3. The van der Waals surface area contributed by atoms with Crippen molar-refractivity contribution in [2.45, 2.75) is 52.1 Å². The minimum absolute atomic E-state index is 0.188. The third kappa shape index (κ3) is 4.78. The standard InChI is InChI=1S/C29H29FN4O.CH2O2/c1-16-15-24(16)19-5-7-21(8-6-19)35-26-12-10-23-22(9-11-25(30)28(23)26)27-17(2)13-20(14-18(27)3)29-31-32-33-34(29)4;2-1-3/h5-9,11,13-14,16,24,26H,10,12,15H2,1-4H3;1H,(H,2,3). The molecule has 0 spiro atoms. The molecule has 38 heavy (non-hydrogen) atoms. The van der Waals surface area contributed by atoms with Gasteiger partial charge in [-0.25, -0.2) is 9.07 Å². The van der Waals surface area contributed by atoms with Crippen LogP contribution in [0.25, 0.3) is 22.5 Å². The van der Waals surface area contributed by atoms with Gasteiger partial charge >= 0.3 is 0 Å². The van der Waals surface area contributed by atoms with E-state index >= 15 is 4.39 Å². The largest absolute Gasteiger partial charge is 0.486 e. The van der Waals surface area contributed by atoms with E-state index in [9.17, 15) is 0 Å². The summed E-state index contributed by atoms with van der Waals surface area (Å²) in [4.78, 5) is 8.36. The lowest BCUT2D eigenvalue weighted by molar-refractivity contribution is -0.122. The summed E-state index contributed by atoms with van der Waals surface area (Å²) in [5, 5.41) is 18.8. The molecule has 0 saturated heterocycles. The van der Waals surface area contributed by atoms with E-state index in [-0.39, 0.29) is 18.4 Å². The third-order valence-electron chi connectivity index (χ3n) is 7.66. The monoisotopic (exact) mass is 514 g/mol. The Morgan fingerprint density at radius 1 is 1.11 bits per heavy atom. The number of hydrogen-bond donors (Lipinski definition) is 1. The summed E-state index contributed by atoms with van der Waals surface area (Å²) in [6.07, 6.45) is 2.55. The second-order valence-corrected chi connectivity index (χ2v) is 10.2. The van der Waals surface area contributed by atoms with Crippen molar-refractivity contribution >= 4 is 6.47 Å². The van der Waals surface area contributed by atoms with E-state index in [1.54, 1.807) is 10.7 Å². The first-order valence-corrected chi connectivity index (χ1v) is 12.8. The summed E-state index contributed by atoms with van der Waals surface area (Å²) in [7, 11) is 1.83. The van der Waals surface area contributed by atoms with Gasteiger partial charge in [0.05, 0.1) is 0 Å². The van der Waals surface area contributed by atoms with E-state index in [4.69, 9.17) is 14.6 Å². The molecule has 1 N–H and O–H groups in total. The van der Waals surface area contributed by atoms with Gasteiger partial charge in [0.2, 0.25) is 0 Å². The summed E-state index contributed by atoms with van der Waals surface area (Å²) in [6.45, 7) is 6.22. The Balaban J connectivity index is 0.000000937. The zero-order chi connectivity index (χ0) is 27.0. The van der Waals surface area contributed by atoms with E-state index in [2.05, 4.69) is 60.6 Å². The fraction of sp³-hybridized carbons (Fsp3) is 0.333. The van der Waals surface area contributed by atoms with E-state index in [1.165, 1.54) is 12.0 Å². The summed E-state index contributed by atoms with van der Waals surface area (Å²) in [6, 6.07) is 16.1. The first-order chi connectivity index (χ1) is 18.3. The van der Waals surface area contributed by atoms with Crippen molar-refractivity contribution in [3.63, 3.8) is 0 Å². The molecule has 0 radical (unpaired) electrons. The predicted molar refractivity (Wildman–Crippen MR) is 142 cm³/mol. The SMILES string of the molecule is Cc1cc(-c2nnnn2C)cc(C)c1-c1ccc(F)c2c1CCC2Oc1ccc(C2CC2C)cc1.O=CO. The number of halogens is 1. The number of benzene rings is 3. The highest BCUT2D eigenvalue weighted by Gasteiger charge is 2.34. The van der Waals surface area contributed by atoms with Crippen molar-refractivity contribution in [2.24, 2.45) is 13.0 Å². The Morgan fingerprint density at radius 2 is 1.76 bits per heavy atom. The van der Waals surface area contributed by atoms with Gasteiger partial charge in [0.1, 0.15) is 17.7 Å². The zero-order valence-corrected chi connectivity index (χ0v) is 22.0. The van der Waals surface area contributed by atoms with E-state index in [0.29, 0.717) is 11.5 Å². The molecule has 0 aliphatic heterocycles. The van der Waals surface area contributed by atoms with Crippen LogP contribution in [0.4, 0.5) is 4.39 Å².